The third kappa shape index (κ3) is 3.09. The molecule has 12 heavy (non-hydrogen) atoms. The van der Waals surface area contributed by atoms with E-state index in [0.29, 0.717) is 0 Å². The van der Waals surface area contributed by atoms with Crippen molar-refractivity contribution in [1.29, 1.82) is 0 Å². The molecule has 0 unspecified atom stereocenters. The largest absolute Gasteiger partial charge is 0.318 e. The molecule has 0 spiro atoms. The van der Waals surface area contributed by atoms with Crippen LogP contribution >= 0.6 is 0 Å². The van der Waals surface area contributed by atoms with Crippen LogP contribution in [0.3, 0.4) is 0 Å². The predicted octanol–water partition coefficient (Wildman–Crippen LogP) is -0.0956. The van der Waals surface area contributed by atoms with Crippen LogP contribution in [0.25, 0.3) is 0 Å². The fraction of sp³-hybridized carbons (Fsp3) is 1.00. The monoisotopic (exact) mass is 170 g/mol. The lowest BCUT2D eigenvalue weighted by Crippen LogP contribution is -2.41. The number of nitrogens with zero attached hydrogens (tertiary/aromatic N) is 2. The van der Waals surface area contributed by atoms with E-state index in [4.69, 9.17) is 0 Å². The molecule has 0 aromatic carbocycles. The van der Waals surface area contributed by atoms with Gasteiger partial charge in [-0.05, 0) is 26.9 Å². The summed E-state index contributed by atoms with van der Waals surface area (Å²) in [7, 11) is 4.22. The Morgan fingerprint density at radius 2 is 2.08 bits per heavy atom. The highest BCUT2D eigenvalue weighted by atomic mass is 15.1. The number of hydrogen-bond acceptors (Lipinski definition) is 2. The zero-order valence-electron chi connectivity index (χ0n) is 8.21. The van der Waals surface area contributed by atoms with Crippen LogP contribution < -0.4 is 10.6 Å². The molecule has 71 valence electrons. The second-order valence-corrected chi connectivity index (χ2v) is 3.49. The van der Waals surface area contributed by atoms with E-state index in [1.807, 2.05) is 7.05 Å². The van der Waals surface area contributed by atoms with Crippen molar-refractivity contribution in [3.05, 3.63) is 0 Å². The third-order valence-corrected chi connectivity index (χ3v) is 2.58. The third-order valence-electron chi connectivity index (χ3n) is 2.58. The molecule has 1 rings (SSSR count). The molecule has 0 bridgehead atoms. The summed E-state index contributed by atoms with van der Waals surface area (Å²) in [6, 6.07) is 0.774. The van der Waals surface area contributed by atoms with E-state index in [1.54, 1.807) is 0 Å². The molecule has 0 atom stereocenters. The van der Waals surface area contributed by atoms with Gasteiger partial charge < -0.3 is 10.2 Å². The van der Waals surface area contributed by atoms with Crippen LogP contribution in [0.2, 0.25) is 0 Å². The van der Waals surface area contributed by atoms with Gasteiger partial charge in [-0.1, -0.05) is 0 Å². The smallest absolute Gasteiger partial charge is 0.0148 e. The lowest BCUT2D eigenvalue weighted by Gasteiger charge is -2.30. The minimum atomic E-state index is 0.774. The first-order chi connectivity index (χ1) is 5.84. The van der Waals surface area contributed by atoms with E-state index in [2.05, 4.69) is 22.6 Å². The molecule has 1 aliphatic heterocycles. The second kappa shape index (κ2) is 5.51. The van der Waals surface area contributed by atoms with Crippen molar-refractivity contribution in [1.82, 2.24) is 15.5 Å². The van der Waals surface area contributed by atoms with Crippen molar-refractivity contribution in [3.8, 4) is 0 Å². The first kappa shape index (κ1) is 9.96. The highest BCUT2D eigenvalue weighted by Crippen LogP contribution is 2.09. The molecule has 1 fully saturated rings. The quantitative estimate of drug-likeness (QED) is 0.638. The zero-order chi connectivity index (χ0) is 8.81. The summed E-state index contributed by atoms with van der Waals surface area (Å²) in [5.74, 6) is 0. The number of likely N-dealkylation sites (N-methyl/N-ethyl adjacent to an activating group) is 2. The fourth-order valence-electron chi connectivity index (χ4n) is 1.65. The standard InChI is InChI=1S/C9H20N3/c1-10-7-8-12(2)9-3-5-11-6-4-9/h9-10H,3-8H2,1-2H3. The van der Waals surface area contributed by atoms with E-state index in [0.717, 1.165) is 32.2 Å². The van der Waals surface area contributed by atoms with Gasteiger partial charge in [0.25, 0.3) is 0 Å². The highest BCUT2D eigenvalue weighted by Gasteiger charge is 2.17. The van der Waals surface area contributed by atoms with Crippen molar-refractivity contribution in [2.24, 2.45) is 0 Å². The van der Waals surface area contributed by atoms with Gasteiger partial charge in [-0.2, -0.15) is 0 Å². The average Bonchev–Trinajstić information content (AvgIpc) is 2.15. The Morgan fingerprint density at radius 3 is 2.67 bits per heavy atom. The maximum Gasteiger partial charge on any atom is 0.0148 e. The van der Waals surface area contributed by atoms with Gasteiger partial charge in [0.2, 0.25) is 0 Å². The van der Waals surface area contributed by atoms with Crippen molar-refractivity contribution in [2.45, 2.75) is 18.9 Å². The summed E-state index contributed by atoms with van der Waals surface area (Å²) < 4.78 is 0. The SMILES string of the molecule is CNCCN(C)C1CC[N]CC1. The molecule has 0 aromatic rings. The Kier molecular flexibility index (Phi) is 4.58. The van der Waals surface area contributed by atoms with Crippen molar-refractivity contribution in [3.63, 3.8) is 0 Å². The summed E-state index contributed by atoms with van der Waals surface area (Å²) in [6.45, 7) is 4.37. The van der Waals surface area contributed by atoms with Crippen LogP contribution in [0.15, 0.2) is 0 Å². The van der Waals surface area contributed by atoms with Crippen LogP contribution in [-0.2, 0) is 0 Å². The van der Waals surface area contributed by atoms with Gasteiger partial charge in [0.1, 0.15) is 0 Å². The molecule has 1 heterocycles. The Labute approximate surface area is 75.5 Å². The van der Waals surface area contributed by atoms with Crippen molar-refractivity contribution < 1.29 is 0 Å². The molecule has 0 aliphatic carbocycles. The van der Waals surface area contributed by atoms with Gasteiger partial charge in [0.05, 0.1) is 0 Å². The summed E-state index contributed by atoms with van der Waals surface area (Å²) in [5, 5.41) is 7.52. The molecule has 0 amide bonds. The first-order valence-electron chi connectivity index (χ1n) is 4.82. The maximum absolute atomic E-state index is 4.35. The maximum atomic E-state index is 4.35. The summed E-state index contributed by atoms with van der Waals surface area (Å²) in [4.78, 5) is 2.45. The van der Waals surface area contributed by atoms with Crippen molar-refractivity contribution in [2.75, 3.05) is 40.3 Å². The van der Waals surface area contributed by atoms with Crippen LogP contribution in [0, 0.1) is 0 Å². The molecule has 1 N–H and O–H groups in total. The van der Waals surface area contributed by atoms with E-state index in [9.17, 15) is 0 Å². The van der Waals surface area contributed by atoms with E-state index in [-0.39, 0.29) is 0 Å². The van der Waals surface area contributed by atoms with Crippen LogP contribution in [0.5, 0.6) is 0 Å². The molecular formula is C9H20N3. The molecule has 1 aliphatic rings. The molecular weight excluding hydrogens is 150 g/mol. The average molecular weight is 170 g/mol. The summed E-state index contributed by atoms with van der Waals surface area (Å²) in [6.07, 6.45) is 2.50. The van der Waals surface area contributed by atoms with Crippen LogP contribution in [-0.4, -0.2) is 51.2 Å². The van der Waals surface area contributed by atoms with E-state index < -0.39 is 0 Å². The van der Waals surface area contributed by atoms with Crippen LogP contribution in [0.1, 0.15) is 12.8 Å². The van der Waals surface area contributed by atoms with Gasteiger partial charge in [-0.3, -0.25) is 0 Å². The minimum Gasteiger partial charge on any atom is -0.318 e. The Balaban J connectivity index is 2.15. The number of hydrogen-bond donors (Lipinski definition) is 1. The lowest BCUT2D eigenvalue weighted by atomic mass is 10.1. The Bertz CT molecular complexity index is 110. The lowest BCUT2D eigenvalue weighted by molar-refractivity contribution is 0.199. The van der Waals surface area contributed by atoms with Gasteiger partial charge in [-0.15, -0.1) is 0 Å². The second-order valence-electron chi connectivity index (χ2n) is 3.49. The van der Waals surface area contributed by atoms with E-state index in [1.165, 1.54) is 12.8 Å². The number of nitrogens with one attached hydrogen (secondary N) is 1. The number of piperidine rings is 1. The zero-order valence-corrected chi connectivity index (χ0v) is 8.21. The molecule has 0 aromatic heterocycles. The minimum absolute atomic E-state index is 0.774. The Morgan fingerprint density at radius 1 is 1.42 bits per heavy atom. The first-order valence-corrected chi connectivity index (χ1v) is 4.82. The molecule has 1 radical (unpaired) electrons. The molecule has 0 saturated carbocycles. The fourth-order valence-corrected chi connectivity index (χ4v) is 1.65. The molecule has 3 nitrogen and oxygen atoms in total. The number of rotatable bonds is 4. The highest BCUT2D eigenvalue weighted by molar-refractivity contribution is 4.75. The summed E-state index contributed by atoms with van der Waals surface area (Å²) in [5.41, 5.74) is 0. The topological polar surface area (TPSA) is 29.4 Å². The normalized spacial score (nSPS) is 20.2. The summed E-state index contributed by atoms with van der Waals surface area (Å²) >= 11 is 0. The Hall–Kier alpha value is -0.120. The van der Waals surface area contributed by atoms with Crippen molar-refractivity contribution >= 4 is 0 Å². The van der Waals surface area contributed by atoms with E-state index >= 15 is 0 Å². The van der Waals surface area contributed by atoms with Gasteiger partial charge in [0, 0.05) is 32.2 Å². The molecule has 1 saturated heterocycles. The van der Waals surface area contributed by atoms with Gasteiger partial charge in [0.15, 0.2) is 0 Å². The molecule has 3 heteroatoms. The van der Waals surface area contributed by atoms with Crippen LogP contribution in [0.4, 0.5) is 0 Å². The van der Waals surface area contributed by atoms with Gasteiger partial charge >= 0.3 is 0 Å². The predicted molar refractivity (Wildman–Crippen MR) is 51.4 cm³/mol. The van der Waals surface area contributed by atoms with Gasteiger partial charge in [-0.25, -0.2) is 5.32 Å².